The molecule has 2 rings (SSSR count). The van der Waals surface area contributed by atoms with Gasteiger partial charge in [-0.25, -0.2) is 0 Å². The zero-order valence-corrected chi connectivity index (χ0v) is 16.2. The first kappa shape index (κ1) is 18.9. The third-order valence-corrected chi connectivity index (χ3v) is 7.85. The molecule has 0 aromatic heterocycles. The van der Waals surface area contributed by atoms with Crippen molar-refractivity contribution in [3.8, 4) is 0 Å². The Labute approximate surface area is 148 Å². The van der Waals surface area contributed by atoms with E-state index in [2.05, 4.69) is 69.3 Å². The molecule has 0 aliphatic rings. The lowest BCUT2D eigenvalue weighted by molar-refractivity contribution is 0.138. The molecule has 0 saturated carbocycles. The molecule has 0 heterocycles. The first-order chi connectivity index (χ1) is 11.7. The molecular formula is C21H30O2Si. The fourth-order valence-corrected chi connectivity index (χ4v) is 6.41. The number of hydrogen-bond acceptors (Lipinski definition) is 2. The maximum atomic E-state index is 6.71. The fourth-order valence-electron chi connectivity index (χ4n) is 3.05. The Morgan fingerprint density at radius 2 is 1.38 bits per heavy atom. The van der Waals surface area contributed by atoms with Gasteiger partial charge < -0.3 is 8.85 Å². The monoisotopic (exact) mass is 342 g/mol. The Morgan fingerprint density at radius 3 is 1.83 bits per heavy atom. The molecule has 0 fully saturated rings. The van der Waals surface area contributed by atoms with E-state index in [1.54, 1.807) is 0 Å². The summed E-state index contributed by atoms with van der Waals surface area (Å²) >= 11 is 0. The highest BCUT2D eigenvalue weighted by Crippen LogP contribution is 2.16. The summed E-state index contributed by atoms with van der Waals surface area (Å²) < 4.78 is 13.1. The van der Waals surface area contributed by atoms with Crippen LogP contribution in [-0.4, -0.2) is 21.3 Å². The highest BCUT2D eigenvalue weighted by molar-refractivity contribution is 6.92. The molecule has 3 heteroatoms. The van der Waals surface area contributed by atoms with Gasteiger partial charge in [0.05, 0.1) is 0 Å². The lowest BCUT2D eigenvalue weighted by Gasteiger charge is -2.34. The van der Waals surface area contributed by atoms with Crippen molar-refractivity contribution in [2.45, 2.75) is 52.6 Å². The van der Waals surface area contributed by atoms with Gasteiger partial charge in [-0.2, -0.15) is 0 Å². The van der Waals surface area contributed by atoms with E-state index in [1.165, 1.54) is 29.6 Å². The van der Waals surface area contributed by atoms with E-state index >= 15 is 0 Å². The summed E-state index contributed by atoms with van der Waals surface area (Å²) in [6.45, 7) is 7.12. The molecule has 2 nitrogen and oxygen atoms in total. The van der Waals surface area contributed by atoms with Gasteiger partial charge in [-0.15, -0.1) is 0 Å². The normalized spacial score (nSPS) is 13.0. The van der Waals surface area contributed by atoms with Crippen molar-refractivity contribution >= 4 is 18.9 Å². The second kappa shape index (κ2) is 9.77. The summed E-state index contributed by atoms with van der Waals surface area (Å²) in [5, 5.41) is 2.36. The maximum absolute atomic E-state index is 6.71. The van der Waals surface area contributed by atoms with Gasteiger partial charge in [0.2, 0.25) is 0 Å². The molecule has 1 unspecified atom stereocenters. The molecule has 0 radical (unpaired) electrons. The van der Waals surface area contributed by atoms with Gasteiger partial charge >= 0.3 is 8.56 Å². The van der Waals surface area contributed by atoms with Crippen LogP contribution in [0.5, 0.6) is 0 Å². The second-order valence-electron chi connectivity index (χ2n) is 6.21. The first-order valence-corrected chi connectivity index (χ1v) is 11.0. The number of hydrogen-bond donors (Lipinski definition) is 0. The van der Waals surface area contributed by atoms with Crippen LogP contribution >= 0.6 is 0 Å². The smallest absolute Gasteiger partial charge is 0.388 e. The standard InChI is InChI=1S/C21H30O2Si/c1-4-6-9-14-19(3)23-24(22-5-2,20-15-10-7-11-16-20)21-17-12-8-13-18-21/h7-8,10-13,15-19H,4-6,9,14H2,1-3H3. The SMILES string of the molecule is CCCCCC(C)O[Si](OCC)(c1ccccc1)c1ccccc1. The van der Waals surface area contributed by atoms with Crippen molar-refractivity contribution in [2.24, 2.45) is 0 Å². The number of rotatable bonds is 10. The van der Waals surface area contributed by atoms with Gasteiger partial charge in [-0.1, -0.05) is 86.8 Å². The first-order valence-electron chi connectivity index (χ1n) is 9.15. The summed E-state index contributed by atoms with van der Waals surface area (Å²) in [6.07, 6.45) is 4.97. The van der Waals surface area contributed by atoms with Crippen LogP contribution in [0.25, 0.3) is 0 Å². The lowest BCUT2D eigenvalue weighted by atomic mass is 10.1. The van der Waals surface area contributed by atoms with Gasteiger partial charge in [0.1, 0.15) is 0 Å². The Bertz CT molecular complexity index is 531. The largest absolute Gasteiger partial charge is 0.407 e. The van der Waals surface area contributed by atoms with E-state index in [1.807, 2.05) is 12.1 Å². The number of unbranched alkanes of at least 4 members (excludes halogenated alkanes) is 2. The van der Waals surface area contributed by atoms with Crippen LogP contribution in [-0.2, 0) is 8.85 Å². The average molecular weight is 343 g/mol. The van der Waals surface area contributed by atoms with Crippen molar-refractivity contribution in [3.63, 3.8) is 0 Å². The van der Waals surface area contributed by atoms with Crippen LogP contribution in [0.1, 0.15) is 46.5 Å². The second-order valence-corrected chi connectivity index (χ2v) is 9.12. The topological polar surface area (TPSA) is 18.5 Å². The van der Waals surface area contributed by atoms with E-state index in [0.29, 0.717) is 6.61 Å². The van der Waals surface area contributed by atoms with Crippen LogP contribution in [0.4, 0.5) is 0 Å². The predicted octanol–water partition coefficient (Wildman–Crippen LogP) is 4.26. The van der Waals surface area contributed by atoms with Gasteiger partial charge in [0, 0.05) is 12.7 Å². The van der Waals surface area contributed by atoms with E-state index in [4.69, 9.17) is 8.85 Å². The molecule has 0 amide bonds. The van der Waals surface area contributed by atoms with Crippen molar-refractivity contribution in [3.05, 3.63) is 60.7 Å². The van der Waals surface area contributed by atoms with Crippen molar-refractivity contribution < 1.29 is 8.85 Å². The molecule has 24 heavy (non-hydrogen) atoms. The van der Waals surface area contributed by atoms with Crippen molar-refractivity contribution in [2.75, 3.05) is 6.61 Å². The summed E-state index contributed by atoms with van der Waals surface area (Å²) in [7, 11) is -2.67. The molecule has 0 aliphatic heterocycles. The van der Waals surface area contributed by atoms with E-state index in [-0.39, 0.29) is 6.10 Å². The summed E-state index contributed by atoms with van der Waals surface area (Å²) in [4.78, 5) is 0. The highest BCUT2D eigenvalue weighted by atomic mass is 28.4. The van der Waals surface area contributed by atoms with Gasteiger partial charge in [-0.05, 0) is 30.6 Å². The Balaban J connectivity index is 2.35. The van der Waals surface area contributed by atoms with Crippen molar-refractivity contribution in [1.29, 1.82) is 0 Å². The van der Waals surface area contributed by atoms with Crippen LogP contribution in [0.15, 0.2) is 60.7 Å². The molecule has 2 aromatic carbocycles. The van der Waals surface area contributed by atoms with E-state index in [0.717, 1.165) is 6.42 Å². The molecule has 0 saturated heterocycles. The third-order valence-electron chi connectivity index (χ3n) is 4.24. The van der Waals surface area contributed by atoms with Crippen LogP contribution in [0, 0.1) is 0 Å². The molecule has 130 valence electrons. The third kappa shape index (κ3) is 4.79. The molecule has 0 N–H and O–H groups in total. The zero-order chi connectivity index (χ0) is 17.3. The minimum absolute atomic E-state index is 0.190. The molecule has 0 aliphatic carbocycles. The quantitative estimate of drug-likeness (QED) is 0.474. The summed E-state index contributed by atoms with van der Waals surface area (Å²) in [6, 6.07) is 21.0. The molecule has 0 bridgehead atoms. The van der Waals surface area contributed by atoms with Crippen molar-refractivity contribution in [1.82, 2.24) is 0 Å². The molecule has 1 atom stereocenters. The lowest BCUT2D eigenvalue weighted by Crippen LogP contribution is -2.64. The average Bonchev–Trinajstić information content (AvgIpc) is 2.63. The zero-order valence-electron chi connectivity index (χ0n) is 15.2. The minimum Gasteiger partial charge on any atom is -0.388 e. The Morgan fingerprint density at radius 1 is 0.833 bits per heavy atom. The minimum atomic E-state index is -2.67. The summed E-state index contributed by atoms with van der Waals surface area (Å²) in [5.41, 5.74) is 0. The molecule has 0 spiro atoms. The Kier molecular flexibility index (Phi) is 7.70. The van der Waals surface area contributed by atoms with Gasteiger partial charge in [-0.3, -0.25) is 0 Å². The molecular weight excluding hydrogens is 312 g/mol. The summed E-state index contributed by atoms with van der Waals surface area (Å²) in [5.74, 6) is 0. The highest BCUT2D eigenvalue weighted by Gasteiger charge is 2.43. The van der Waals surface area contributed by atoms with Crippen LogP contribution in [0.3, 0.4) is 0 Å². The number of benzene rings is 2. The maximum Gasteiger partial charge on any atom is 0.407 e. The fraction of sp³-hybridized carbons (Fsp3) is 0.429. The molecule has 2 aromatic rings. The Hall–Kier alpha value is -1.42. The van der Waals surface area contributed by atoms with Gasteiger partial charge in [0.25, 0.3) is 0 Å². The van der Waals surface area contributed by atoms with Gasteiger partial charge in [0.15, 0.2) is 0 Å². The predicted molar refractivity (Wildman–Crippen MR) is 104 cm³/mol. The van der Waals surface area contributed by atoms with Crippen LogP contribution < -0.4 is 10.4 Å². The van der Waals surface area contributed by atoms with E-state index in [9.17, 15) is 0 Å². The van der Waals surface area contributed by atoms with Crippen LogP contribution in [0.2, 0.25) is 0 Å². The van der Waals surface area contributed by atoms with E-state index < -0.39 is 8.56 Å².